The number of ether oxygens (including phenoxy) is 1. The van der Waals surface area contributed by atoms with Crippen LogP contribution in [0.2, 0.25) is 0 Å². The van der Waals surface area contributed by atoms with Gasteiger partial charge in [0, 0.05) is 31.9 Å². The van der Waals surface area contributed by atoms with E-state index < -0.39 is 12.1 Å². The Labute approximate surface area is 147 Å². The van der Waals surface area contributed by atoms with E-state index in [0.717, 1.165) is 57.5 Å². The number of nitrogens with one attached hydrogen (secondary N) is 1. The van der Waals surface area contributed by atoms with E-state index >= 15 is 0 Å². The van der Waals surface area contributed by atoms with Gasteiger partial charge in [0.25, 0.3) is 0 Å². The smallest absolute Gasteiger partial charge is 0.411 e. The Bertz CT molecular complexity index is 635. The van der Waals surface area contributed by atoms with Crippen LogP contribution in [0.4, 0.5) is 16.2 Å². The lowest BCUT2D eigenvalue weighted by Crippen LogP contribution is -2.44. The molecule has 1 aromatic carbocycles. The molecule has 2 N–H and O–H groups in total. The number of likely N-dealkylation sites (N-methyl/N-ethyl adjacent to an activating group) is 1. The third-order valence-corrected chi connectivity index (χ3v) is 4.91. The van der Waals surface area contributed by atoms with E-state index in [0.29, 0.717) is 0 Å². The monoisotopic (exact) mass is 347 g/mol. The SMILES string of the molecule is CN1CCN(c2ccc(NC(=O)OC3CCCC3)c(C(=O)O)c2)CC1. The van der Waals surface area contributed by atoms with Gasteiger partial charge in [0.15, 0.2) is 0 Å². The molecule has 0 unspecified atom stereocenters. The summed E-state index contributed by atoms with van der Waals surface area (Å²) in [5, 5.41) is 12.1. The van der Waals surface area contributed by atoms with Crippen LogP contribution >= 0.6 is 0 Å². The number of hydrogen-bond donors (Lipinski definition) is 2. The largest absolute Gasteiger partial charge is 0.478 e. The van der Waals surface area contributed by atoms with E-state index in [2.05, 4.69) is 22.2 Å². The van der Waals surface area contributed by atoms with Gasteiger partial charge in [-0.1, -0.05) is 0 Å². The fraction of sp³-hybridized carbons (Fsp3) is 0.556. The molecule has 0 spiro atoms. The maximum Gasteiger partial charge on any atom is 0.411 e. The number of aromatic carboxylic acids is 1. The summed E-state index contributed by atoms with van der Waals surface area (Å²) in [6, 6.07) is 5.12. The number of carboxylic acid groups (broad SMARTS) is 1. The maximum atomic E-state index is 12.0. The van der Waals surface area contributed by atoms with Crippen molar-refractivity contribution >= 4 is 23.4 Å². The lowest BCUT2D eigenvalue weighted by molar-refractivity contribution is 0.0698. The predicted octanol–water partition coefficient (Wildman–Crippen LogP) is 2.63. The molecule has 1 amide bonds. The molecule has 0 bridgehead atoms. The van der Waals surface area contributed by atoms with Crippen molar-refractivity contribution in [3.63, 3.8) is 0 Å². The van der Waals surface area contributed by atoms with Crippen LogP contribution < -0.4 is 10.2 Å². The molecule has 1 heterocycles. The molecule has 0 atom stereocenters. The molecule has 2 fully saturated rings. The second-order valence-corrected chi connectivity index (χ2v) is 6.76. The highest BCUT2D eigenvalue weighted by Gasteiger charge is 2.22. The summed E-state index contributed by atoms with van der Waals surface area (Å²) in [5.74, 6) is -1.06. The molecule has 1 saturated heterocycles. The Kier molecular flexibility index (Phi) is 5.43. The van der Waals surface area contributed by atoms with Crippen LogP contribution in [0.25, 0.3) is 0 Å². The fourth-order valence-corrected chi connectivity index (χ4v) is 3.38. The standard InChI is InChI=1S/C18H25N3O4/c1-20-8-10-21(11-9-20)13-6-7-16(15(12-13)17(22)23)19-18(24)25-14-4-2-3-5-14/h6-7,12,14H,2-5,8-11H2,1H3,(H,19,24)(H,22,23). The van der Waals surface area contributed by atoms with Gasteiger partial charge < -0.3 is 19.6 Å². The first kappa shape index (κ1) is 17.5. The summed E-state index contributed by atoms with van der Waals surface area (Å²) in [7, 11) is 2.07. The van der Waals surface area contributed by atoms with E-state index in [-0.39, 0.29) is 17.4 Å². The Morgan fingerprint density at radius 2 is 1.84 bits per heavy atom. The van der Waals surface area contributed by atoms with Gasteiger partial charge >= 0.3 is 12.1 Å². The van der Waals surface area contributed by atoms with Gasteiger partial charge in [-0.15, -0.1) is 0 Å². The number of hydrogen-bond acceptors (Lipinski definition) is 5. The molecule has 1 aliphatic carbocycles. The van der Waals surface area contributed by atoms with Crippen molar-refractivity contribution in [2.45, 2.75) is 31.8 Å². The lowest BCUT2D eigenvalue weighted by Gasteiger charge is -2.34. The maximum absolute atomic E-state index is 12.0. The number of benzene rings is 1. The van der Waals surface area contributed by atoms with Gasteiger partial charge in [0.1, 0.15) is 6.10 Å². The molecule has 0 aromatic heterocycles. The topological polar surface area (TPSA) is 82.1 Å². The summed E-state index contributed by atoms with van der Waals surface area (Å²) in [6.45, 7) is 3.59. The predicted molar refractivity (Wildman–Crippen MR) is 95.5 cm³/mol. The average Bonchev–Trinajstić information content (AvgIpc) is 3.08. The summed E-state index contributed by atoms with van der Waals surface area (Å²) in [5.41, 5.74) is 1.22. The molecule has 25 heavy (non-hydrogen) atoms. The zero-order valence-electron chi connectivity index (χ0n) is 14.5. The van der Waals surface area contributed by atoms with Crippen molar-refractivity contribution in [1.82, 2.24) is 4.90 Å². The second kappa shape index (κ2) is 7.74. The van der Waals surface area contributed by atoms with Crippen LogP contribution in [0, 0.1) is 0 Å². The number of amides is 1. The van der Waals surface area contributed by atoms with Crippen molar-refractivity contribution in [3.8, 4) is 0 Å². The summed E-state index contributed by atoms with van der Waals surface area (Å²) >= 11 is 0. The molecule has 1 aromatic rings. The van der Waals surface area contributed by atoms with Gasteiger partial charge in [-0.05, 0) is 50.9 Å². The van der Waals surface area contributed by atoms with E-state index in [9.17, 15) is 14.7 Å². The Balaban J connectivity index is 1.70. The first-order valence-electron chi connectivity index (χ1n) is 8.81. The highest BCUT2D eigenvalue weighted by Crippen LogP contribution is 2.26. The molecule has 0 radical (unpaired) electrons. The Morgan fingerprint density at radius 1 is 1.16 bits per heavy atom. The van der Waals surface area contributed by atoms with Crippen molar-refractivity contribution in [2.24, 2.45) is 0 Å². The quantitative estimate of drug-likeness (QED) is 0.871. The van der Waals surface area contributed by atoms with E-state index in [4.69, 9.17) is 4.74 Å². The summed E-state index contributed by atoms with van der Waals surface area (Å²) in [6.07, 6.45) is 3.25. The van der Waals surface area contributed by atoms with Crippen LogP contribution in [0.1, 0.15) is 36.0 Å². The first-order chi connectivity index (χ1) is 12.0. The van der Waals surface area contributed by atoms with E-state index in [1.807, 2.05) is 6.07 Å². The number of anilines is 2. The van der Waals surface area contributed by atoms with Crippen molar-refractivity contribution in [3.05, 3.63) is 23.8 Å². The van der Waals surface area contributed by atoms with Crippen LogP contribution in [-0.4, -0.2) is 61.4 Å². The van der Waals surface area contributed by atoms with Crippen molar-refractivity contribution in [2.75, 3.05) is 43.4 Å². The molecule has 1 aliphatic heterocycles. The number of piperazine rings is 1. The summed E-state index contributed by atoms with van der Waals surface area (Å²) in [4.78, 5) is 28.0. The number of rotatable bonds is 4. The third kappa shape index (κ3) is 4.42. The zero-order chi connectivity index (χ0) is 17.8. The van der Waals surface area contributed by atoms with Gasteiger partial charge in [0.2, 0.25) is 0 Å². The van der Waals surface area contributed by atoms with Gasteiger partial charge in [0.05, 0.1) is 11.3 Å². The number of nitrogens with zero attached hydrogens (tertiary/aromatic N) is 2. The molecule has 136 valence electrons. The second-order valence-electron chi connectivity index (χ2n) is 6.76. The minimum atomic E-state index is -1.06. The molecule has 1 saturated carbocycles. The first-order valence-corrected chi connectivity index (χ1v) is 8.81. The average molecular weight is 347 g/mol. The van der Waals surface area contributed by atoms with E-state index in [1.54, 1.807) is 12.1 Å². The normalized spacial score (nSPS) is 19.0. The van der Waals surface area contributed by atoms with Crippen LogP contribution in [0.5, 0.6) is 0 Å². The molecule has 7 heteroatoms. The van der Waals surface area contributed by atoms with Crippen LogP contribution in [0.3, 0.4) is 0 Å². The van der Waals surface area contributed by atoms with Gasteiger partial charge in [-0.2, -0.15) is 0 Å². The van der Waals surface area contributed by atoms with Crippen LogP contribution in [0.15, 0.2) is 18.2 Å². The number of carbonyl (C=O) groups is 2. The number of carbonyl (C=O) groups excluding carboxylic acids is 1. The van der Waals surface area contributed by atoms with Gasteiger partial charge in [-0.25, -0.2) is 9.59 Å². The van der Waals surface area contributed by atoms with E-state index in [1.165, 1.54) is 0 Å². The third-order valence-electron chi connectivity index (χ3n) is 4.91. The van der Waals surface area contributed by atoms with Crippen molar-refractivity contribution < 1.29 is 19.4 Å². The Morgan fingerprint density at radius 3 is 2.48 bits per heavy atom. The summed E-state index contributed by atoms with van der Waals surface area (Å²) < 4.78 is 5.35. The molecule has 3 rings (SSSR count). The molecule has 2 aliphatic rings. The minimum absolute atomic E-state index is 0.0575. The Hall–Kier alpha value is -2.28. The fourth-order valence-electron chi connectivity index (χ4n) is 3.38. The van der Waals surface area contributed by atoms with Crippen molar-refractivity contribution in [1.29, 1.82) is 0 Å². The highest BCUT2D eigenvalue weighted by atomic mass is 16.6. The highest BCUT2D eigenvalue weighted by molar-refractivity contribution is 5.99. The van der Waals surface area contributed by atoms with Gasteiger partial charge in [-0.3, -0.25) is 5.32 Å². The molecular weight excluding hydrogens is 322 g/mol. The lowest BCUT2D eigenvalue weighted by atomic mass is 10.1. The number of carboxylic acids is 1. The zero-order valence-corrected chi connectivity index (χ0v) is 14.5. The molecule has 7 nitrogen and oxygen atoms in total. The molecular formula is C18H25N3O4. The van der Waals surface area contributed by atoms with Crippen LogP contribution in [-0.2, 0) is 4.74 Å². The minimum Gasteiger partial charge on any atom is -0.478 e.